The quantitative estimate of drug-likeness (QED) is 0.630. The van der Waals surface area contributed by atoms with E-state index in [9.17, 15) is 8.42 Å². The summed E-state index contributed by atoms with van der Waals surface area (Å²) in [6, 6.07) is 16.3. The van der Waals surface area contributed by atoms with Gasteiger partial charge < -0.3 is 0 Å². The Hall–Kier alpha value is -2.47. The number of amidine groups is 1. The molecule has 0 N–H and O–H groups in total. The van der Waals surface area contributed by atoms with Crippen LogP contribution in [0.4, 0.5) is 0 Å². The first-order valence-corrected chi connectivity index (χ1v) is 7.79. The molecule has 0 aliphatic carbocycles. The highest BCUT2D eigenvalue weighted by Crippen LogP contribution is 2.26. The molecule has 21 heavy (non-hydrogen) atoms. The molecule has 0 unspecified atom stereocenters. The number of hydrogen-bond donors (Lipinski definition) is 0. The van der Waals surface area contributed by atoms with Gasteiger partial charge in [0, 0.05) is 12.6 Å². The summed E-state index contributed by atoms with van der Waals surface area (Å²) in [6.07, 6.45) is 1.66. The van der Waals surface area contributed by atoms with Gasteiger partial charge in [0.2, 0.25) is 0 Å². The third-order valence-corrected chi connectivity index (χ3v) is 4.42. The van der Waals surface area contributed by atoms with E-state index in [1.165, 1.54) is 5.01 Å². The van der Waals surface area contributed by atoms with E-state index in [1.807, 2.05) is 30.3 Å². The highest BCUT2D eigenvalue weighted by Gasteiger charge is 2.30. The third kappa shape index (κ3) is 2.57. The van der Waals surface area contributed by atoms with Crippen molar-refractivity contribution in [1.29, 1.82) is 0 Å². The van der Waals surface area contributed by atoms with Crippen LogP contribution in [-0.2, 0) is 10.0 Å². The minimum absolute atomic E-state index is 0.224. The summed E-state index contributed by atoms with van der Waals surface area (Å²) in [6.45, 7) is 0. The largest absolute Gasteiger partial charge is 0.285 e. The zero-order valence-electron chi connectivity index (χ0n) is 11.3. The van der Waals surface area contributed by atoms with E-state index in [0.29, 0.717) is 11.4 Å². The zero-order valence-corrected chi connectivity index (χ0v) is 12.2. The molecule has 0 spiro atoms. The first-order chi connectivity index (χ1) is 10.1. The topological polar surface area (TPSA) is 62.1 Å². The Morgan fingerprint density at radius 2 is 1.71 bits per heavy atom. The maximum absolute atomic E-state index is 12.0. The number of rotatable bonds is 2. The zero-order chi connectivity index (χ0) is 14.9. The van der Waals surface area contributed by atoms with Gasteiger partial charge in [-0.05, 0) is 17.7 Å². The van der Waals surface area contributed by atoms with Gasteiger partial charge in [-0.2, -0.15) is 13.5 Å². The molecule has 0 atom stereocenters. The van der Waals surface area contributed by atoms with Crippen LogP contribution in [0.15, 0.2) is 69.0 Å². The Morgan fingerprint density at radius 3 is 2.48 bits per heavy atom. The molecule has 3 rings (SSSR count). The lowest BCUT2D eigenvalue weighted by Gasteiger charge is -2.12. The molecular weight excluding hydrogens is 286 g/mol. The van der Waals surface area contributed by atoms with Gasteiger partial charge in [0.15, 0.2) is 5.84 Å². The second-order valence-corrected chi connectivity index (χ2v) is 6.14. The highest BCUT2D eigenvalue weighted by molar-refractivity contribution is 7.90. The summed E-state index contributed by atoms with van der Waals surface area (Å²) in [7, 11) is -1.93. The Balaban J connectivity index is 1.93. The van der Waals surface area contributed by atoms with Crippen molar-refractivity contribution in [2.45, 2.75) is 4.90 Å². The van der Waals surface area contributed by atoms with Crippen molar-refractivity contribution in [3.8, 4) is 0 Å². The Bertz CT molecular complexity index is 827. The van der Waals surface area contributed by atoms with Crippen LogP contribution in [0.3, 0.4) is 0 Å². The van der Waals surface area contributed by atoms with Crippen molar-refractivity contribution in [3.05, 3.63) is 65.7 Å². The maximum Gasteiger partial charge on any atom is 0.285 e. The normalized spacial score (nSPS) is 15.8. The van der Waals surface area contributed by atoms with Gasteiger partial charge in [-0.3, -0.25) is 0 Å². The standard InChI is InChI=1S/C15H13N3O2S/c1-18(16-11-12-7-3-2-4-8-12)15-13-9-5-6-10-14(13)21(19,20)17-15/h2-11H,1H3/b16-11+. The van der Waals surface area contributed by atoms with Gasteiger partial charge >= 0.3 is 0 Å². The highest BCUT2D eigenvalue weighted by atomic mass is 32.2. The van der Waals surface area contributed by atoms with Gasteiger partial charge in [-0.1, -0.05) is 42.5 Å². The van der Waals surface area contributed by atoms with Gasteiger partial charge in [0.1, 0.15) is 4.90 Å². The van der Waals surface area contributed by atoms with Crippen LogP contribution in [0, 0.1) is 0 Å². The number of sulfonamides is 1. The second kappa shape index (κ2) is 5.14. The first kappa shape index (κ1) is 13.5. The van der Waals surface area contributed by atoms with Gasteiger partial charge in [0.05, 0.1) is 6.21 Å². The van der Waals surface area contributed by atoms with Gasteiger partial charge in [-0.25, -0.2) is 5.01 Å². The van der Waals surface area contributed by atoms with Crippen molar-refractivity contribution in [2.24, 2.45) is 9.50 Å². The summed E-state index contributed by atoms with van der Waals surface area (Å²) >= 11 is 0. The predicted molar refractivity (Wildman–Crippen MR) is 82.0 cm³/mol. The number of hydrazone groups is 1. The lowest BCUT2D eigenvalue weighted by atomic mass is 10.2. The molecule has 0 fully saturated rings. The van der Waals surface area contributed by atoms with Crippen molar-refractivity contribution in [2.75, 3.05) is 7.05 Å². The molecule has 1 aliphatic heterocycles. The maximum atomic E-state index is 12.0. The Morgan fingerprint density at radius 1 is 1.05 bits per heavy atom. The molecule has 0 aromatic heterocycles. The SMILES string of the molecule is CN(/N=C/c1ccccc1)C1=NS(=O)(=O)c2ccccc21. The van der Waals surface area contributed by atoms with E-state index in [0.717, 1.165) is 5.56 Å². The van der Waals surface area contributed by atoms with E-state index in [1.54, 1.807) is 37.5 Å². The monoisotopic (exact) mass is 299 g/mol. The van der Waals surface area contributed by atoms with Crippen LogP contribution in [0.1, 0.15) is 11.1 Å². The van der Waals surface area contributed by atoms with Crippen molar-refractivity contribution < 1.29 is 8.42 Å². The van der Waals surface area contributed by atoms with Crippen LogP contribution < -0.4 is 0 Å². The Kier molecular flexibility index (Phi) is 3.31. The smallest absolute Gasteiger partial charge is 0.250 e. The number of hydrogen-bond acceptors (Lipinski definition) is 4. The van der Waals surface area contributed by atoms with Crippen LogP contribution in [-0.4, -0.2) is 32.5 Å². The Labute approximate surface area is 123 Å². The van der Waals surface area contributed by atoms with Crippen molar-refractivity contribution in [1.82, 2.24) is 5.01 Å². The lowest BCUT2D eigenvalue weighted by Crippen LogP contribution is -2.21. The van der Waals surface area contributed by atoms with Gasteiger partial charge in [-0.15, -0.1) is 4.40 Å². The minimum Gasteiger partial charge on any atom is -0.250 e. The molecule has 1 aliphatic rings. The molecule has 2 aromatic carbocycles. The fourth-order valence-electron chi connectivity index (χ4n) is 2.07. The van der Waals surface area contributed by atoms with Gasteiger partial charge in [0.25, 0.3) is 10.0 Å². The molecule has 0 bridgehead atoms. The van der Waals surface area contributed by atoms with Crippen molar-refractivity contribution >= 4 is 22.1 Å². The van der Waals surface area contributed by atoms with E-state index < -0.39 is 10.0 Å². The van der Waals surface area contributed by atoms with E-state index in [-0.39, 0.29) is 4.90 Å². The molecule has 0 saturated carbocycles. The van der Waals surface area contributed by atoms with Crippen LogP contribution >= 0.6 is 0 Å². The summed E-state index contributed by atoms with van der Waals surface area (Å²) in [5.74, 6) is 0.331. The van der Waals surface area contributed by atoms with E-state index in [4.69, 9.17) is 0 Å². The fraction of sp³-hybridized carbons (Fsp3) is 0.0667. The molecule has 2 aromatic rings. The predicted octanol–water partition coefficient (Wildman–Crippen LogP) is 2.10. The fourth-order valence-corrected chi connectivity index (χ4v) is 3.30. The lowest BCUT2D eigenvalue weighted by molar-refractivity contribution is 0.549. The second-order valence-electron chi connectivity index (χ2n) is 4.56. The summed E-state index contributed by atoms with van der Waals surface area (Å²) in [4.78, 5) is 0.224. The number of benzene rings is 2. The van der Waals surface area contributed by atoms with Crippen LogP contribution in [0.5, 0.6) is 0 Å². The summed E-state index contributed by atoms with van der Waals surface area (Å²) in [5.41, 5.74) is 1.50. The van der Waals surface area contributed by atoms with E-state index >= 15 is 0 Å². The average molecular weight is 299 g/mol. The first-order valence-electron chi connectivity index (χ1n) is 6.35. The van der Waals surface area contributed by atoms with E-state index in [2.05, 4.69) is 9.50 Å². The molecule has 6 heteroatoms. The summed E-state index contributed by atoms with van der Waals surface area (Å²) < 4.78 is 27.8. The van der Waals surface area contributed by atoms with Crippen molar-refractivity contribution in [3.63, 3.8) is 0 Å². The number of nitrogens with zero attached hydrogens (tertiary/aromatic N) is 3. The summed E-state index contributed by atoms with van der Waals surface area (Å²) in [5, 5.41) is 5.72. The average Bonchev–Trinajstić information content (AvgIpc) is 2.78. The molecule has 0 saturated heterocycles. The molecule has 106 valence electrons. The van der Waals surface area contributed by atoms with Crippen LogP contribution in [0.25, 0.3) is 0 Å². The third-order valence-electron chi connectivity index (χ3n) is 3.10. The number of fused-ring (bicyclic) bond motifs is 1. The molecule has 0 radical (unpaired) electrons. The molecule has 0 amide bonds. The van der Waals surface area contributed by atoms with Crippen LogP contribution in [0.2, 0.25) is 0 Å². The molecule has 5 nitrogen and oxygen atoms in total. The minimum atomic E-state index is -3.61. The molecule has 1 heterocycles. The molecular formula is C15H13N3O2S.